The van der Waals surface area contributed by atoms with E-state index in [-0.39, 0.29) is 23.3 Å². The third kappa shape index (κ3) is 4.43. The Bertz CT molecular complexity index is 534. The van der Waals surface area contributed by atoms with Crippen molar-refractivity contribution in [2.75, 3.05) is 11.4 Å². The standard InChI is InChI=1S/C16H21IN2O2/c1-16(2,3)10-14(20)18-13-8-9-19(15(13)21)12-6-4-11(17)5-7-12/h4-7,13H,8-10H2,1-3H3,(H,18,20)/t13-/m0/s1. The molecule has 21 heavy (non-hydrogen) atoms. The van der Waals surface area contributed by atoms with Gasteiger partial charge in [-0.25, -0.2) is 0 Å². The van der Waals surface area contributed by atoms with Crippen LogP contribution in [0.5, 0.6) is 0 Å². The molecular weight excluding hydrogens is 379 g/mol. The van der Waals surface area contributed by atoms with E-state index in [1.54, 1.807) is 4.90 Å². The second kappa shape index (κ2) is 6.34. The lowest BCUT2D eigenvalue weighted by molar-refractivity contribution is -0.127. The van der Waals surface area contributed by atoms with Crippen LogP contribution in [0.4, 0.5) is 5.69 Å². The lowest BCUT2D eigenvalue weighted by Gasteiger charge is -2.20. The van der Waals surface area contributed by atoms with Gasteiger partial charge in [0, 0.05) is 22.2 Å². The van der Waals surface area contributed by atoms with Gasteiger partial charge in [0.15, 0.2) is 0 Å². The SMILES string of the molecule is CC(C)(C)CC(=O)N[C@H]1CCN(c2ccc(I)cc2)C1=O. The summed E-state index contributed by atoms with van der Waals surface area (Å²) < 4.78 is 1.14. The quantitative estimate of drug-likeness (QED) is 0.794. The number of nitrogens with one attached hydrogen (secondary N) is 1. The Kier molecular flexibility index (Phi) is 4.91. The smallest absolute Gasteiger partial charge is 0.249 e. The van der Waals surface area contributed by atoms with E-state index >= 15 is 0 Å². The highest BCUT2D eigenvalue weighted by molar-refractivity contribution is 14.1. The Morgan fingerprint density at radius 3 is 2.52 bits per heavy atom. The first-order chi connectivity index (χ1) is 9.76. The van der Waals surface area contributed by atoms with Crippen molar-refractivity contribution >= 4 is 40.1 Å². The van der Waals surface area contributed by atoms with E-state index in [4.69, 9.17) is 0 Å². The first kappa shape index (κ1) is 16.3. The largest absolute Gasteiger partial charge is 0.344 e. The predicted molar refractivity (Wildman–Crippen MR) is 92.1 cm³/mol. The van der Waals surface area contributed by atoms with Gasteiger partial charge in [-0.2, -0.15) is 0 Å². The van der Waals surface area contributed by atoms with E-state index in [2.05, 4.69) is 27.9 Å². The van der Waals surface area contributed by atoms with Gasteiger partial charge in [-0.3, -0.25) is 9.59 Å². The van der Waals surface area contributed by atoms with Crippen LogP contribution in [0.3, 0.4) is 0 Å². The maximum atomic E-state index is 12.4. The molecule has 1 saturated heterocycles. The Morgan fingerprint density at radius 1 is 1.33 bits per heavy atom. The lowest BCUT2D eigenvalue weighted by Crippen LogP contribution is -2.42. The predicted octanol–water partition coefficient (Wildman–Crippen LogP) is 2.95. The second-order valence-electron chi connectivity index (χ2n) is 6.61. The Balaban J connectivity index is 1.98. The molecule has 0 unspecified atom stereocenters. The van der Waals surface area contributed by atoms with Gasteiger partial charge in [-0.1, -0.05) is 20.8 Å². The number of halogens is 1. The summed E-state index contributed by atoms with van der Waals surface area (Å²) in [7, 11) is 0. The molecule has 1 aromatic rings. The highest BCUT2D eigenvalue weighted by Crippen LogP contribution is 2.23. The summed E-state index contributed by atoms with van der Waals surface area (Å²) >= 11 is 2.24. The second-order valence-corrected chi connectivity index (χ2v) is 7.86. The first-order valence-corrected chi connectivity index (χ1v) is 8.20. The molecule has 1 aliphatic heterocycles. The number of hydrogen-bond acceptors (Lipinski definition) is 2. The minimum absolute atomic E-state index is 0.0153. The first-order valence-electron chi connectivity index (χ1n) is 7.12. The van der Waals surface area contributed by atoms with Crippen LogP contribution < -0.4 is 10.2 Å². The highest BCUT2D eigenvalue weighted by Gasteiger charge is 2.34. The summed E-state index contributed by atoms with van der Waals surface area (Å²) in [5.74, 6) is -0.0659. The fourth-order valence-electron chi connectivity index (χ4n) is 2.42. The van der Waals surface area contributed by atoms with Gasteiger partial charge < -0.3 is 10.2 Å². The summed E-state index contributed by atoms with van der Waals surface area (Å²) in [6.07, 6.45) is 1.10. The van der Waals surface area contributed by atoms with Crippen molar-refractivity contribution in [1.82, 2.24) is 5.32 Å². The third-order valence-electron chi connectivity index (χ3n) is 3.37. The van der Waals surface area contributed by atoms with Gasteiger partial charge in [0.25, 0.3) is 0 Å². The van der Waals surface area contributed by atoms with Crippen molar-refractivity contribution in [2.24, 2.45) is 5.41 Å². The molecule has 0 spiro atoms. The molecule has 1 heterocycles. The van der Waals surface area contributed by atoms with Crippen molar-refractivity contribution in [3.63, 3.8) is 0 Å². The van der Waals surface area contributed by atoms with E-state index in [0.29, 0.717) is 19.4 Å². The van der Waals surface area contributed by atoms with Crippen molar-refractivity contribution in [2.45, 2.75) is 39.7 Å². The van der Waals surface area contributed by atoms with E-state index in [1.165, 1.54) is 0 Å². The summed E-state index contributed by atoms with van der Waals surface area (Å²) in [4.78, 5) is 26.1. The van der Waals surface area contributed by atoms with Crippen molar-refractivity contribution in [1.29, 1.82) is 0 Å². The van der Waals surface area contributed by atoms with E-state index in [1.807, 2.05) is 45.0 Å². The van der Waals surface area contributed by atoms with E-state index in [0.717, 1.165) is 9.26 Å². The normalized spacial score (nSPS) is 19.0. The number of rotatable bonds is 3. The zero-order chi connectivity index (χ0) is 15.6. The Labute approximate surface area is 139 Å². The Morgan fingerprint density at radius 2 is 1.95 bits per heavy atom. The topological polar surface area (TPSA) is 49.4 Å². The average Bonchev–Trinajstić information content (AvgIpc) is 2.70. The Hall–Kier alpha value is -1.11. The van der Waals surface area contributed by atoms with Crippen LogP contribution in [0.1, 0.15) is 33.6 Å². The fourth-order valence-corrected chi connectivity index (χ4v) is 2.78. The van der Waals surface area contributed by atoms with Gasteiger partial charge in [0.1, 0.15) is 6.04 Å². The molecule has 5 heteroatoms. The molecule has 0 saturated carbocycles. The summed E-state index contributed by atoms with van der Waals surface area (Å²) in [5.41, 5.74) is 0.828. The molecule has 0 radical (unpaired) electrons. The van der Waals surface area contributed by atoms with E-state index < -0.39 is 0 Å². The maximum absolute atomic E-state index is 12.4. The minimum Gasteiger partial charge on any atom is -0.344 e. The minimum atomic E-state index is -0.390. The molecule has 4 nitrogen and oxygen atoms in total. The number of amides is 2. The van der Waals surface area contributed by atoms with Crippen molar-refractivity contribution < 1.29 is 9.59 Å². The summed E-state index contributed by atoms with van der Waals surface area (Å²) in [5, 5.41) is 2.86. The van der Waals surface area contributed by atoms with Crippen LogP contribution in [0, 0.1) is 8.99 Å². The molecule has 0 aliphatic carbocycles. The van der Waals surface area contributed by atoms with Crippen LogP contribution in [-0.2, 0) is 9.59 Å². The number of carbonyl (C=O) groups excluding carboxylic acids is 2. The van der Waals surface area contributed by atoms with Crippen molar-refractivity contribution in [3.8, 4) is 0 Å². The molecule has 1 aromatic carbocycles. The van der Waals surface area contributed by atoms with Crippen LogP contribution in [0.2, 0.25) is 0 Å². The number of hydrogen-bond donors (Lipinski definition) is 1. The number of carbonyl (C=O) groups is 2. The summed E-state index contributed by atoms with van der Waals surface area (Å²) in [6, 6.07) is 7.46. The van der Waals surface area contributed by atoms with Crippen LogP contribution in [0.25, 0.3) is 0 Å². The average molecular weight is 400 g/mol. The van der Waals surface area contributed by atoms with Gasteiger partial charge in [0.2, 0.25) is 11.8 Å². The van der Waals surface area contributed by atoms with Gasteiger partial charge in [0.05, 0.1) is 0 Å². The molecule has 0 aromatic heterocycles. The third-order valence-corrected chi connectivity index (χ3v) is 4.09. The van der Waals surface area contributed by atoms with Gasteiger partial charge in [-0.15, -0.1) is 0 Å². The molecule has 2 amide bonds. The van der Waals surface area contributed by atoms with Gasteiger partial charge >= 0.3 is 0 Å². The molecule has 1 atom stereocenters. The monoisotopic (exact) mass is 400 g/mol. The molecule has 1 N–H and O–H groups in total. The zero-order valence-electron chi connectivity index (χ0n) is 12.6. The molecular formula is C16H21IN2O2. The zero-order valence-corrected chi connectivity index (χ0v) is 14.8. The van der Waals surface area contributed by atoms with Crippen molar-refractivity contribution in [3.05, 3.63) is 27.8 Å². The number of benzene rings is 1. The molecule has 0 bridgehead atoms. The van der Waals surface area contributed by atoms with Crippen LogP contribution in [0.15, 0.2) is 24.3 Å². The van der Waals surface area contributed by atoms with Crippen LogP contribution >= 0.6 is 22.6 Å². The number of nitrogens with zero attached hydrogens (tertiary/aromatic N) is 1. The molecule has 2 rings (SSSR count). The van der Waals surface area contributed by atoms with E-state index in [9.17, 15) is 9.59 Å². The molecule has 114 valence electrons. The number of anilines is 1. The van der Waals surface area contributed by atoms with Crippen LogP contribution in [-0.4, -0.2) is 24.4 Å². The maximum Gasteiger partial charge on any atom is 0.249 e. The summed E-state index contributed by atoms with van der Waals surface area (Å²) in [6.45, 7) is 6.70. The fraction of sp³-hybridized carbons (Fsp3) is 0.500. The van der Waals surface area contributed by atoms with Gasteiger partial charge in [-0.05, 0) is 58.7 Å². The lowest BCUT2D eigenvalue weighted by atomic mass is 9.92. The highest BCUT2D eigenvalue weighted by atomic mass is 127. The molecule has 1 fully saturated rings. The molecule has 1 aliphatic rings.